The lowest BCUT2D eigenvalue weighted by Crippen LogP contribution is -2.42. The zero-order chi connectivity index (χ0) is 29.7. The molecular weight excluding hydrogens is 514 g/mol. The number of hydrogen-bond acceptors (Lipinski definition) is 8. The molecule has 1 atom stereocenters. The van der Waals surface area contributed by atoms with E-state index in [-0.39, 0.29) is 5.82 Å². The zero-order valence-corrected chi connectivity index (χ0v) is 24.4. The second-order valence-corrected chi connectivity index (χ2v) is 11.1. The number of pyridine rings is 1. The first-order chi connectivity index (χ1) is 18.7. The van der Waals surface area contributed by atoms with Crippen LogP contribution in [0.3, 0.4) is 0 Å². The molecule has 3 aromatic rings. The number of carbonyl (C=O) groups is 2. The molecule has 10 heteroatoms. The van der Waals surface area contributed by atoms with Crippen molar-refractivity contribution in [1.82, 2.24) is 4.98 Å². The molecule has 0 bridgehead atoms. The maximum absolute atomic E-state index is 13.1. The standard InChI is InChI=1S/C30H39N3O7/c1-9-37-22-16-20(17-23(18-22)38-10-2)25(27(34)35)32-21-11-12-24-19(15-21)13-14-31-26(24)33(40-30(6,7)8)28(36)39-29(3,4)5/h11-18,25,32H,9-10H2,1-8H3,(H,34,35). The van der Waals surface area contributed by atoms with Crippen LogP contribution < -0.4 is 19.9 Å². The number of benzene rings is 2. The maximum atomic E-state index is 13.1. The fraction of sp³-hybridized carbons (Fsp3) is 0.433. The van der Waals surface area contributed by atoms with Crippen LogP contribution in [0.25, 0.3) is 10.8 Å². The number of carbonyl (C=O) groups excluding carboxylic acids is 1. The predicted octanol–water partition coefficient (Wildman–Crippen LogP) is 6.74. The Morgan fingerprint density at radius 2 is 1.55 bits per heavy atom. The Bertz CT molecular complexity index is 1320. The Morgan fingerprint density at radius 1 is 0.925 bits per heavy atom. The highest BCUT2D eigenvalue weighted by Crippen LogP contribution is 2.33. The van der Waals surface area contributed by atoms with Gasteiger partial charge in [0.25, 0.3) is 0 Å². The highest BCUT2D eigenvalue weighted by molar-refractivity contribution is 6.00. The molecule has 0 saturated carbocycles. The van der Waals surface area contributed by atoms with Crippen molar-refractivity contribution in [3.8, 4) is 11.5 Å². The molecule has 216 valence electrons. The fourth-order valence-corrected chi connectivity index (χ4v) is 3.87. The van der Waals surface area contributed by atoms with E-state index >= 15 is 0 Å². The fourth-order valence-electron chi connectivity index (χ4n) is 3.87. The van der Waals surface area contributed by atoms with Gasteiger partial charge in [0, 0.05) is 23.3 Å². The zero-order valence-electron chi connectivity index (χ0n) is 24.4. The molecule has 0 aliphatic heterocycles. The van der Waals surface area contributed by atoms with Crippen molar-refractivity contribution in [2.45, 2.75) is 72.6 Å². The number of amides is 1. The Hall–Kier alpha value is -4.05. The van der Waals surface area contributed by atoms with E-state index in [4.69, 9.17) is 19.0 Å². The largest absolute Gasteiger partial charge is 0.494 e. The molecule has 0 radical (unpaired) electrons. The number of nitrogens with zero attached hydrogens (tertiary/aromatic N) is 2. The summed E-state index contributed by atoms with van der Waals surface area (Å²) in [6, 6.07) is 11.1. The first kappa shape index (κ1) is 30.5. The summed E-state index contributed by atoms with van der Waals surface area (Å²) in [5, 5.41) is 15.6. The molecule has 0 fully saturated rings. The van der Waals surface area contributed by atoms with Crippen LogP contribution >= 0.6 is 0 Å². The van der Waals surface area contributed by atoms with E-state index in [0.717, 1.165) is 5.06 Å². The molecule has 40 heavy (non-hydrogen) atoms. The highest BCUT2D eigenvalue weighted by atomic mass is 16.7. The Morgan fingerprint density at radius 3 is 2.08 bits per heavy atom. The molecule has 2 N–H and O–H groups in total. The number of nitrogens with one attached hydrogen (secondary N) is 1. The first-order valence-corrected chi connectivity index (χ1v) is 13.2. The van der Waals surface area contributed by atoms with Gasteiger partial charge in [0.2, 0.25) is 0 Å². The average Bonchev–Trinajstić information content (AvgIpc) is 2.84. The van der Waals surface area contributed by atoms with Crippen LogP contribution in [-0.2, 0) is 14.4 Å². The number of ether oxygens (including phenoxy) is 3. The lowest BCUT2D eigenvalue weighted by Gasteiger charge is -2.31. The van der Waals surface area contributed by atoms with Gasteiger partial charge in [-0.2, -0.15) is 0 Å². The van der Waals surface area contributed by atoms with Crippen molar-refractivity contribution < 1.29 is 33.7 Å². The lowest BCUT2D eigenvalue weighted by atomic mass is 10.0. The van der Waals surface area contributed by atoms with E-state index in [1.54, 1.807) is 69.4 Å². The van der Waals surface area contributed by atoms with Crippen molar-refractivity contribution in [2.24, 2.45) is 0 Å². The minimum Gasteiger partial charge on any atom is -0.494 e. The van der Waals surface area contributed by atoms with Gasteiger partial charge in [-0.3, -0.25) is 4.84 Å². The average molecular weight is 554 g/mol. The van der Waals surface area contributed by atoms with Gasteiger partial charge in [-0.25, -0.2) is 14.6 Å². The summed E-state index contributed by atoms with van der Waals surface area (Å²) in [6.07, 6.45) is 0.856. The number of aliphatic carboxylic acids is 1. The number of fused-ring (bicyclic) bond motifs is 1. The van der Waals surface area contributed by atoms with E-state index in [2.05, 4.69) is 10.3 Å². The molecular formula is C30H39N3O7. The van der Waals surface area contributed by atoms with Crippen LogP contribution in [0.1, 0.15) is 67.0 Å². The van der Waals surface area contributed by atoms with E-state index in [0.29, 0.717) is 46.7 Å². The minimum atomic E-state index is -1.08. The Labute approximate surface area is 235 Å². The van der Waals surface area contributed by atoms with Crippen molar-refractivity contribution in [3.05, 3.63) is 54.2 Å². The van der Waals surface area contributed by atoms with Gasteiger partial charge in [0.05, 0.1) is 18.8 Å². The molecule has 0 aliphatic carbocycles. The lowest BCUT2D eigenvalue weighted by molar-refractivity contribution is -0.138. The SMILES string of the molecule is CCOc1cc(OCC)cc(C(Nc2ccc3c(N(OC(C)(C)C)C(=O)OC(C)(C)C)nccc3c2)C(=O)O)c1. The Kier molecular flexibility index (Phi) is 9.47. The van der Waals surface area contributed by atoms with Crippen LogP contribution in [0.4, 0.5) is 16.3 Å². The highest BCUT2D eigenvalue weighted by Gasteiger charge is 2.31. The minimum absolute atomic E-state index is 0.258. The van der Waals surface area contributed by atoms with Gasteiger partial charge in [0.1, 0.15) is 17.1 Å². The number of hydroxylamine groups is 1. The van der Waals surface area contributed by atoms with Gasteiger partial charge in [0.15, 0.2) is 11.9 Å². The number of aromatic nitrogens is 1. The molecule has 1 heterocycles. The Balaban J connectivity index is 2.01. The number of hydrogen-bond donors (Lipinski definition) is 2. The molecule has 3 rings (SSSR count). The summed E-state index contributed by atoms with van der Waals surface area (Å²) < 4.78 is 16.8. The van der Waals surface area contributed by atoms with Crippen molar-refractivity contribution >= 4 is 34.3 Å². The van der Waals surface area contributed by atoms with Gasteiger partial charge in [-0.15, -0.1) is 5.06 Å². The topological polar surface area (TPSA) is 119 Å². The first-order valence-electron chi connectivity index (χ1n) is 13.2. The number of carboxylic acid groups (broad SMARTS) is 1. The number of carboxylic acids is 1. The van der Waals surface area contributed by atoms with Crippen LogP contribution in [0.15, 0.2) is 48.7 Å². The number of rotatable bonds is 10. The molecule has 1 amide bonds. The normalized spacial score (nSPS) is 12.5. The smallest absolute Gasteiger partial charge is 0.440 e. The van der Waals surface area contributed by atoms with Crippen LogP contribution in [0.2, 0.25) is 0 Å². The van der Waals surface area contributed by atoms with Crippen molar-refractivity contribution in [1.29, 1.82) is 0 Å². The molecule has 1 unspecified atom stereocenters. The van der Waals surface area contributed by atoms with Crippen molar-refractivity contribution in [3.63, 3.8) is 0 Å². The van der Waals surface area contributed by atoms with Gasteiger partial charge < -0.3 is 24.6 Å². The van der Waals surface area contributed by atoms with E-state index in [9.17, 15) is 14.7 Å². The summed E-state index contributed by atoms with van der Waals surface area (Å²) in [5.74, 6) is 0.230. The summed E-state index contributed by atoms with van der Waals surface area (Å²) in [4.78, 5) is 35.8. The second-order valence-electron chi connectivity index (χ2n) is 11.1. The summed E-state index contributed by atoms with van der Waals surface area (Å²) in [7, 11) is 0. The predicted molar refractivity (Wildman–Crippen MR) is 154 cm³/mol. The molecule has 1 aromatic heterocycles. The van der Waals surface area contributed by atoms with Gasteiger partial charge in [-0.1, -0.05) is 0 Å². The van der Waals surface area contributed by atoms with E-state index in [1.807, 2.05) is 34.6 Å². The summed E-state index contributed by atoms with van der Waals surface area (Å²) in [5.41, 5.74) is -0.427. The van der Waals surface area contributed by atoms with E-state index < -0.39 is 29.3 Å². The van der Waals surface area contributed by atoms with Crippen LogP contribution in [0.5, 0.6) is 11.5 Å². The maximum Gasteiger partial charge on any atom is 0.440 e. The monoisotopic (exact) mass is 553 g/mol. The second kappa shape index (κ2) is 12.4. The van der Waals surface area contributed by atoms with Crippen molar-refractivity contribution in [2.75, 3.05) is 23.6 Å². The molecule has 0 aliphatic rings. The van der Waals surface area contributed by atoms with Crippen LogP contribution in [0, 0.1) is 0 Å². The molecule has 10 nitrogen and oxygen atoms in total. The van der Waals surface area contributed by atoms with Gasteiger partial charge in [-0.05, 0) is 103 Å². The van der Waals surface area contributed by atoms with Gasteiger partial charge >= 0.3 is 12.1 Å². The third-order valence-corrected chi connectivity index (χ3v) is 5.28. The quantitative estimate of drug-likeness (QED) is 0.263. The third kappa shape index (κ3) is 8.22. The molecule has 2 aromatic carbocycles. The molecule has 0 saturated heterocycles. The number of anilines is 2. The molecule has 0 spiro atoms. The summed E-state index contributed by atoms with van der Waals surface area (Å²) in [6.45, 7) is 15.4. The van der Waals surface area contributed by atoms with Crippen LogP contribution in [-0.4, -0.2) is 46.6 Å². The third-order valence-electron chi connectivity index (χ3n) is 5.28. The summed E-state index contributed by atoms with van der Waals surface area (Å²) >= 11 is 0. The van der Waals surface area contributed by atoms with E-state index in [1.165, 1.54) is 0 Å².